The average molecular weight is 313 g/mol. The van der Waals surface area contributed by atoms with Crippen LogP contribution in [0.3, 0.4) is 0 Å². The summed E-state index contributed by atoms with van der Waals surface area (Å²) in [4.78, 5) is 10.1. The first-order chi connectivity index (χ1) is 9.86. The van der Waals surface area contributed by atoms with Crippen molar-refractivity contribution in [1.82, 2.24) is 4.31 Å². The molecule has 2 rings (SSSR count). The Kier molecular flexibility index (Phi) is 4.48. The number of sulfonamides is 1. The molecule has 1 aliphatic carbocycles. The summed E-state index contributed by atoms with van der Waals surface area (Å²) in [6, 6.07) is 3.65. The molecule has 0 aliphatic heterocycles. The second kappa shape index (κ2) is 5.98. The molecule has 21 heavy (non-hydrogen) atoms. The van der Waals surface area contributed by atoms with E-state index in [1.165, 1.54) is 16.4 Å². The van der Waals surface area contributed by atoms with E-state index in [1.54, 1.807) is 0 Å². The third-order valence-electron chi connectivity index (χ3n) is 3.43. The molecule has 1 saturated carbocycles. The minimum Gasteiger partial charge on any atom is -0.399 e. The first-order valence-electron chi connectivity index (χ1n) is 6.90. The van der Waals surface area contributed by atoms with Gasteiger partial charge in [0.15, 0.2) is 4.90 Å². The zero-order valence-corrected chi connectivity index (χ0v) is 12.7. The second-order valence-corrected chi connectivity index (χ2v) is 7.20. The Hall–Kier alpha value is -1.67. The number of rotatable bonds is 7. The van der Waals surface area contributed by atoms with Crippen molar-refractivity contribution in [3.8, 4) is 0 Å². The average Bonchev–Trinajstić information content (AvgIpc) is 3.21. The summed E-state index contributed by atoms with van der Waals surface area (Å²) in [5, 5.41) is 11.1. The van der Waals surface area contributed by atoms with Crippen LogP contribution in [0.1, 0.15) is 26.2 Å². The zero-order chi connectivity index (χ0) is 15.6. The highest BCUT2D eigenvalue weighted by Gasteiger charge is 2.35. The Morgan fingerprint density at radius 3 is 2.62 bits per heavy atom. The van der Waals surface area contributed by atoms with Crippen LogP contribution in [-0.2, 0) is 10.0 Å². The predicted octanol–water partition coefficient (Wildman–Crippen LogP) is 1.99. The molecule has 0 atom stereocenters. The fourth-order valence-corrected chi connectivity index (χ4v) is 3.97. The molecule has 1 aliphatic rings. The van der Waals surface area contributed by atoms with E-state index in [-0.39, 0.29) is 10.6 Å². The highest BCUT2D eigenvalue weighted by atomic mass is 32.2. The van der Waals surface area contributed by atoms with Gasteiger partial charge >= 0.3 is 0 Å². The monoisotopic (exact) mass is 313 g/mol. The number of nitrogens with two attached hydrogens (primary N) is 1. The number of nitro benzene ring substituents is 1. The minimum absolute atomic E-state index is 0.196. The van der Waals surface area contributed by atoms with Crippen molar-refractivity contribution in [2.75, 3.05) is 18.8 Å². The molecule has 0 saturated heterocycles. The minimum atomic E-state index is -3.90. The number of hydrogen-bond acceptors (Lipinski definition) is 5. The van der Waals surface area contributed by atoms with Crippen LogP contribution in [0.15, 0.2) is 23.1 Å². The van der Waals surface area contributed by atoms with Gasteiger partial charge in [0, 0.05) is 24.8 Å². The van der Waals surface area contributed by atoms with E-state index in [1.807, 2.05) is 6.92 Å². The molecule has 8 heteroatoms. The van der Waals surface area contributed by atoms with Crippen LogP contribution < -0.4 is 5.73 Å². The van der Waals surface area contributed by atoms with Crippen molar-refractivity contribution in [2.24, 2.45) is 5.92 Å². The maximum absolute atomic E-state index is 12.7. The smallest absolute Gasteiger partial charge is 0.289 e. The van der Waals surface area contributed by atoms with Gasteiger partial charge in [-0.1, -0.05) is 6.92 Å². The number of nitro groups is 1. The van der Waals surface area contributed by atoms with Crippen LogP contribution in [0.5, 0.6) is 0 Å². The van der Waals surface area contributed by atoms with Crippen molar-refractivity contribution < 1.29 is 13.3 Å². The highest BCUT2D eigenvalue weighted by Crippen LogP contribution is 2.34. The molecule has 0 unspecified atom stereocenters. The second-order valence-electron chi connectivity index (χ2n) is 5.29. The Morgan fingerprint density at radius 1 is 1.43 bits per heavy atom. The third-order valence-corrected chi connectivity index (χ3v) is 5.32. The van der Waals surface area contributed by atoms with Gasteiger partial charge in [-0.05, 0) is 37.3 Å². The molecule has 2 N–H and O–H groups in total. The fraction of sp³-hybridized carbons (Fsp3) is 0.538. The number of nitrogens with zero attached hydrogens (tertiary/aromatic N) is 2. The quantitative estimate of drug-likeness (QED) is 0.470. The van der Waals surface area contributed by atoms with E-state index in [2.05, 4.69) is 0 Å². The van der Waals surface area contributed by atoms with Crippen molar-refractivity contribution in [1.29, 1.82) is 0 Å². The normalized spacial score (nSPS) is 15.3. The number of benzene rings is 1. The van der Waals surface area contributed by atoms with Gasteiger partial charge in [0.2, 0.25) is 10.0 Å². The molecule has 0 amide bonds. The molecule has 1 aromatic carbocycles. The van der Waals surface area contributed by atoms with E-state index in [4.69, 9.17) is 5.73 Å². The molecule has 1 fully saturated rings. The lowest BCUT2D eigenvalue weighted by molar-refractivity contribution is -0.387. The predicted molar refractivity (Wildman–Crippen MR) is 79.3 cm³/mol. The summed E-state index contributed by atoms with van der Waals surface area (Å²) < 4.78 is 26.8. The molecule has 116 valence electrons. The van der Waals surface area contributed by atoms with Crippen LogP contribution in [0.2, 0.25) is 0 Å². The first kappa shape index (κ1) is 15.7. The van der Waals surface area contributed by atoms with Gasteiger partial charge in [-0.25, -0.2) is 8.42 Å². The van der Waals surface area contributed by atoms with Gasteiger partial charge in [0.1, 0.15) is 0 Å². The van der Waals surface area contributed by atoms with E-state index in [9.17, 15) is 18.5 Å². The van der Waals surface area contributed by atoms with Crippen LogP contribution in [0.25, 0.3) is 0 Å². The van der Waals surface area contributed by atoms with Crippen molar-refractivity contribution >= 4 is 21.4 Å². The van der Waals surface area contributed by atoms with Crippen LogP contribution >= 0.6 is 0 Å². The summed E-state index contributed by atoms with van der Waals surface area (Å²) in [6.07, 6.45) is 2.67. The van der Waals surface area contributed by atoms with Crippen LogP contribution in [0, 0.1) is 16.0 Å². The molecular formula is C13H19N3O4S. The molecular weight excluding hydrogens is 294 g/mol. The van der Waals surface area contributed by atoms with E-state index >= 15 is 0 Å². The maximum Gasteiger partial charge on any atom is 0.289 e. The van der Waals surface area contributed by atoms with Gasteiger partial charge in [-0.15, -0.1) is 0 Å². The SMILES string of the molecule is CCCN(CC1CC1)S(=O)(=O)c1cc(N)ccc1[N+](=O)[O-]. The van der Waals surface area contributed by atoms with Gasteiger partial charge < -0.3 is 5.73 Å². The fourth-order valence-electron chi connectivity index (χ4n) is 2.17. The summed E-state index contributed by atoms with van der Waals surface area (Å²) in [6.45, 7) is 2.65. The van der Waals surface area contributed by atoms with Crippen molar-refractivity contribution in [3.05, 3.63) is 28.3 Å². The Bertz CT molecular complexity index is 641. The van der Waals surface area contributed by atoms with Crippen LogP contribution in [-0.4, -0.2) is 30.7 Å². The van der Waals surface area contributed by atoms with Gasteiger partial charge in [0.05, 0.1) is 4.92 Å². The lowest BCUT2D eigenvalue weighted by Gasteiger charge is -2.21. The van der Waals surface area contributed by atoms with Crippen molar-refractivity contribution in [3.63, 3.8) is 0 Å². The van der Waals surface area contributed by atoms with E-state index in [0.29, 0.717) is 25.4 Å². The van der Waals surface area contributed by atoms with E-state index < -0.39 is 20.6 Å². The summed E-state index contributed by atoms with van der Waals surface area (Å²) in [5.41, 5.74) is 5.37. The number of anilines is 1. The summed E-state index contributed by atoms with van der Waals surface area (Å²) in [7, 11) is -3.90. The van der Waals surface area contributed by atoms with Crippen LogP contribution in [0.4, 0.5) is 11.4 Å². The number of nitrogen functional groups attached to an aromatic ring is 1. The summed E-state index contributed by atoms with van der Waals surface area (Å²) in [5.74, 6) is 0.367. The topological polar surface area (TPSA) is 107 Å². The van der Waals surface area contributed by atoms with Crippen molar-refractivity contribution in [2.45, 2.75) is 31.1 Å². The molecule has 0 aromatic heterocycles. The first-order valence-corrected chi connectivity index (χ1v) is 8.34. The maximum atomic E-state index is 12.7. The third kappa shape index (κ3) is 3.51. The highest BCUT2D eigenvalue weighted by molar-refractivity contribution is 7.89. The molecule has 0 spiro atoms. The Morgan fingerprint density at radius 2 is 2.10 bits per heavy atom. The Labute approximate surface area is 123 Å². The molecule has 1 aromatic rings. The molecule has 0 heterocycles. The summed E-state index contributed by atoms with van der Waals surface area (Å²) >= 11 is 0. The molecule has 0 bridgehead atoms. The lowest BCUT2D eigenvalue weighted by Crippen LogP contribution is -2.34. The Balaban J connectivity index is 2.44. The van der Waals surface area contributed by atoms with Gasteiger partial charge in [-0.2, -0.15) is 4.31 Å². The number of hydrogen-bond donors (Lipinski definition) is 1. The lowest BCUT2D eigenvalue weighted by atomic mass is 10.3. The standard InChI is InChI=1S/C13H19N3O4S/c1-2-7-15(9-10-3-4-10)21(19,20)13-8-11(14)5-6-12(13)16(17)18/h5-6,8,10H,2-4,7,9,14H2,1H3. The van der Waals surface area contributed by atoms with Gasteiger partial charge in [-0.3, -0.25) is 10.1 Å². The van der Waals surface area contributed by atoms with E-state index in [0.717, 1.165) is 18.9 Å². The molecule has 7 nitrogen and oxygen atoms in total. The largest absolute Gasteiger partial charge is 0.399 e. The van der Waals surface area contributed by atoms with Gasteiger partial charge in [0.25, 0.3) is 5.69 Å². The zero-order valence-electron chi connectivity index (χ0n) is 11.9. The molecule has 0 radical (unpaired) electrons.